The largest absolute Gasteiger partial charge is 0.417 e. The lowest BCUT2D eigenvalue weighted by molar-refractivity contribution is -0.137. The molecule has 1 N–H and O–H groups in total. The van der Waals surface area contributed by atoms with Gasteiger partial charge in [-0.25, -0.2) is 9.37 Å². The molecular weight excluding hydrogens is 283 g/mol. The van der Waals surface area contributed by atoms with Crippen LogP contribution in [0.5, 0.6) is 0 Å². The summed E-state index contributed by atoms with van der Waals surface area (Å²) in [6.45, 7) is 1.13. The summed E-state index contributed by atoms with van der Waals surface area (Å²) >= 11 is 0. The van der Waals surface area contributed by atoms with Crippen molar-refractivity contribution < 1.29 is 22.0 Å². The summed E-state index contributed by atoms with van der Waals surface area (Å²) in [7, 11) is 0. The number of benzene rings is 1. The Balaban J connectivity index is 2.75. The van der Waals surface area contributed by atoms with Gasteiger partial charge in [-0.15, -0.1) is 0 Å². The van der Waals surface area contributed by atoms with Gasteiger partial charge in [-0.3, -0.25) is 4.79 Å². The summed E-state index contributed by atoms with van der Waals surface area (Å²) in [6, 6.07) is 1.75. The van der Waals surface area contributed by atoms with Crippen molar-refractivity contribution in [1.29, 1.82) is 0 Å². The Morgan fingerprint density at radius 1 is 1.20 bits per heavy atom. The minimum atomic E-state index is -4.76. The lowest BCUT2D eigenvalue weighted by atomic mass is 10.1. The van der Waals surface area contributed by atoms with E-state index >= 15 is 0 Å². The van der Waals surface area contributed by atoms with Crippen molar-refractivity contribution in [3.05, 3.63) is 51.4 Å². The lowest BCUT2D eigenvalue weighted by Crippen LogP contribution is -2.17. The first-order valence-corrected chi connectivity index (χ1v) is 5.33. The van der Waals surface area contributed by atoms with Crippen LogP contribution in [0.2, 0.25) is 0 Å². The van der Waals surface area contributed by atoms with Gasteiger partial charge in [0, 0.05) is 5.56 Å². The average Bonchev–Trinajstić information content (AvgIpc) is 2.33. The van der Waals surface area contributed by atoms with E-state index in [4.69, 9.17) is 0 Å². The highest BCUT2D eigenvalue weighted by molar-refractivity contribution is 5.61. The number of nitrogens with one attached hydrogen (secondary N) is 1. The molecule has 106 valence electrons. The molecule has 0 saturated heterocycles. The van der Waals surface area contributed by atoms with Gasteiger partial charge in [-0.2, -0.15) is 17.6 Å². The quantitative estimate of drug-likeness (QED) is 0.820. The fraction of sp³-hybridized carbons (Fsp3) is 0.167. The van der Waals surface area contributed by atoms with Gasteiger partial charge in [0.15, 0.2) is 0 Å². The number of alkyl halides is 3. The van der Waals surface area contributed by atoms with Gasteiger partial charge in [0.2, 0.25) is 5.82 Å². The summed E-state index contributed by atoms with van der Waals surface area (Å²) in [5, 5.41) is 0. The van der Waals surface area contributed by atoms with Gasteiger partial charge in [-0.05, 0) is 25.1 Å². The SMILES string of the molecule is Cc1nc(-c2cc(F)ccc2C(F)(F)F)[nH]c(=O)c1F. The Hall–Kier alpha value is -2.25. The maximum Gasteiger partial charge on any atom is 0.417 e. The smallest absolute Gasteiger partial charge is 0.304 e. The highest BCUT2D eigenvalue weighted by atomic mass is 19.4. The van der Waals surface area contributed by atoms with Gasteiger partial charge < -0.3 is 4.98 Å². The zero-order chi connectivity index (χ0) is 15.1. The third-order valence-corrected chi connectivity index (χ3v) is 2.57. The molecule has 2 aromatic rings. The first-order chi connectivity index (χ1) is 9.20. The Morgan fingerprint density at radius 2 is 1.85 bits per heavy atom. The number of halogens is 5. The number of hydrogen-bond donors (Lipinski definition) is 1. The number of aromatic amines is 1. The molecular formula is C12H7F5N2O. The lowest BCUT2D eigenvalue weighted by Gasteiger charge is -2.12. The third kappa shape index (κ3) is 2.54. The van der Waals surface area contributed by atoms with Crippen LogP contribution in [-0.4, -0.2) is 9.97 Å². The number of aryl methyl sites for hydroxylation is 1. The normalized spacial score (nSPS) is 11.7. The van der Waals surface area contributed by atoms with E-state index in [2.05, 4.69) is 4.98 Å². The van der Waals surface area contributed by atoms with Gasteiger partial charge in [-0.1, -0.05) is 0 Å². The first kappa shape index (κ1) is 14.2. The van der Waals surface area contributed by atoms with Gasteiger partial charge in [0.1, 0.15) is 11.6 Å². The highest BCUT2D eigenvalue weighted by Gasteiger charge is 2.34. The zero-order valence-electron chi connectivity index (χ0n) is 9.98. The molecule has 0 aliphatic rings. The molecule has 1 aromatic carbocycles. The Morgan fingerprint density at radius 3 is 2.40 bits per heavy atom. The molecule has 0 unspecified atom stereocenters. The van der Waals surface area contributed by atoms with Crippen LogP contribution in [0, 0.1) is 18.6 Å². The summed E-state index contributed by atoms with van der Waals surface area (Å²) in [6.07, 6.45) is -4.76. The van der Waals surface area contributed by atoms with Crippen LogP contribution in [0.25, 0.3) is 11.4 Å². The van der Waals surface area contributed by atoms with Gasteiger partial charge >= 0.3 is 6.18 Å². The minimum Gasteiger partial charge on any atom is -0.304 e. The molecule has 0 spiro atoms. The fourth-order valence-electron chi connectivity index (χ4n) is 1.66. The summed E-state index contributed by atoms with van der Waals surface area (Å²) < 4.78 is 64.8. The molecule has 0 aliphatic heterocycles. The fourth-order valence-corrected chi connectivity index (χ4v) is 1.66. The second kappa shape index (κ2) is 4.69. The first-order valence-electron chi connectivity index (χ1n) is 5.33. The zero-order valence-corrected chi connectivity index (χ0v) is 9.98. The Labute approximate surface area is 109 Å². The molecule has 2 rings (SSSR count). The molecule has 0 atom stereocenters. The molecule has 0 fully saturated rings. The average molecular weight is 290 g/mol. The molecule has 1 heterocycles. The predicted molar refractivity (Wildman–Crippen MR) is 59.9 cm³/mol. The standard InChI is InChI=1S/C12H7F5N2O/c1-5-9(14)11(20)19-10(18-5)7-4-6(13)2-3-8(7)12(15,16)17/h2-4H,1H3,(H,18,19,20). The van der Waals surface area contributed by atoms with Crippen LogP contribution in [0.4, 0.5) is 22.0 Å². The molecule has 8 heteroatoms. The van der Waals surface area contributed by atoms with Crippen molar-refractivity contribution in [1.82, 2.24) is 9.97 Å². The summed E-state index contributed by atoms with van der Waals surface area (Å²) in [4.78, 5) is 16.6. The number of aromatic nitrogens is 2. The topological polar surface area (TPSA) is 45.8 Å². The second-order valence-electron chi connectivity index (χ2n) is 4.00. The second-order valence-corrected chi connectivity index (χ2v) is 4.00. The molecule has 0 bridgehead atoms. The van der Waals surface area contributed by atoms with Gasteiger partial charge in [0.25, 0.3) is 5.56 Å². The van der Waals surface area contributed by atoms with E-state index in [-0.39, 0.29) is 5.69 Å². The van der Waals surface area contributed by atoms with E-state index in [1.165, 1.54) is 0 Å². The van der Waals surface area contributed by atoms with E-state index in [1.807, 2.05) is 4.98 Å². The van der Waals surface area contributed by atoms with E-state index in [0.717, 1.165) is 6.92 Å². The van der Waals surface area contributed by atoms with E-state index < -0.39 is 40.3 Å². The van der Waals surface area contributed by atoms with Crippen molar-refractivity contribution in [3.8, 4) is 11.4 Å². The van der Waals surface area contributed by atoms with Crippen LogP contribution >= 0.6 is 0 Å². The molecule has 0 saturated carbocycles. The van der Waals surface area contributed by atoms with E-state index in [9.17, 15) is 26.7 Å². The number of hydrogen-bond acceptors (Lipinski definition) is 2. The number of rotatable bonds is 1. The van der Waals surface area contributed by atoms with Crippen LogP contribution in [0.1, 0.15) is 11.3 Å². The summed E-state index contributed by atoms with van der Waals surface area (Å²) in [5.74, 6) is -2.67. The molecule has 1 aromatic heterocycles. The molecule has 0 aliphatic carbocycles. The van der Waals surface area contributed by atoms with Crippen LogP contribution in [-0.2, 0) is 6.18 Å². The van der Waals surface area contributed by atoms with Crippen LogP contribution in [0.3, 0.4) is 0 Å². The van der Waals surface area contributed by atoms with Crippen molar-refractivity contribution in [2.45, 2.75) is 13.1 Å². The van der Waals surface area contributed by atoms with Crippen molar-refractivity contribution in [2.75, 3.05) is 0 Å². The molecule has 3 nitrogen and oxygen atoms in total. The van der Waals surface area contributed by atoms with Crippen molar-refractivity contribution >= 4 is 0 Å². The highest BCUT2D eigenvalue weighted by Crippen LogP contribution is 2.36. The maximum atomic E-state index is 13.1. The Kier molecular flexibility index (Phi) is 3.33. The van der Waals surface area contributed by atoms with Crippen molar-refractivity contribution in [2.24, 2.45) is 0 Å². The minimum absolute atomic E-state index is 0.374. The summed E-state index contributed by atoms with van der Waals surface area (Å²) in [5.41, 5.74) is -3.42. The maximum absolute atomic E-state index is 13.1. The molecule has 20 heavy (non-hydrogen) atoms. The Bertz CT molecular complexity index is 721. The number of nitrogens with zero attached hydrogens (tertiary/aromatic N) is 1. The molecule has 0 amide bonds. The van der Waals surface area contributed by atoms with Crippen LogP contribution < -0.4 is 5.56 Å². The van der Waals surface area contributed by atoms with Crippen molar-refractivity contribution in [3.63, 3.8) is 0 Å². The van der Waals surface area contributed by atoms with Gasteiger partial charge in [0.05, 0.1) is 11.3 Å². The van der Waals surface area contributed by atoms with E-state index in [1.54, 1.807) is 0 Å². The number of H-pyrrole nitrogens is 1. The van der Waals surface area contributed by atoms with E-state index in [0.29, 0.717) is 18.2 Å². The predicted octanol–water partition coefficient (Wildman–Crippen LogP) is 3.04. The molecule has 0 radical (unpaired) electrons. The third-order valence-electron chi connectivity index (χ3n) is 2.57. The monoisotopic (exact) mass is 290 g/mol. The van der Waals surface area contributed by atoms with Crippen LogP contribution in [0.15, 0.2) is 23.0 Å².